The minimum atomic E-state index is 0.0997. The molecule has 3 nitrogen and oxygen atoms in total. The Morgan fingerprint density at radius 2 is 0.727 bits per heavy atom. The summed E-state index contributed by atoms with van der Waals surface area (Å²) >= 11 is 0. The molecule has 0 aliphatic carbocycles. The van der Waals surface area contributed by atoms with Crippen molar-refractivity contribution in [3.63, 3.8) is 0 Å². The summed E-state index contributed by atoms with van der Waals surface area (Å²) in [6.07, 6.45) is 10.2. The van der Waals surface area contributed by atoms with E-state index >= 15 is 0 Å². The van der Waals surface area contributed by atoms with Gasteiger partial charge in [-0.05, 0) is 164 Å². The van der Waals surface area contributed by atoms with Gasteiger partial charge in [-0.2, -0.15) is 0 Å². The normalized spacial score (nSPS) is 13.2. The van der Waals surface area contributed by atoms with Gasteiger partial charge in [-0.15, -0.1) is 0 Å². The molecule has 0 saturated carbocycles. The van der Waals surface area contributed by atoms with Crippen molar-refractivity contribution in [2.75, 3.05) is 0 Å². The Balaban J connectivity index is 1.92. The number of hydrogen-bond acceptors (Lipinski definition) is 2. The molecule has 0 fully saturated rings. The lowest BCUT2D eigenvalue weighted by Gasteiger charge is -2.23. The summed E-state index contributed by atoms with van der Waals surface area (Å²) in [7, 11) is 1.72. The summed E-state index contributed by atoms with van der Waals surface area (Å²) in [6, 6.07) is 9.80. The van der Waals surface area contributed by atoms with Gasteiger partial charge in [0.05, 0.1) is 10.8 Å². The molecule has 0 aliphatic heterocycles. The van der Waals surface area contributed by atoms with Gasteiger partial charge in [0, 0.05) is 7.05 Å². The molecule has 228 valence electrons. The number of nitrogens with zero attached hydrogens (tertiary/aromatic N) is 1. The van der Waals surface area contributed by atoms with Crippen molar-refractivity contribution in [3.05, 3.63) is 68.1 Å². The highest BCUT2D eigenvalue weighted by molar-refractivity contribution is 6.16. The average molecular weight is 586 g/mol. The largest absolute Gasteiger partial charge is 0.494 e. The number of aryl methyl sites for hydroxylation is 4. The first-order chi connectivity index (χ1) is 21.3. The average Bonchev–Trinajstić information content (AvgIpc) is 3.26. The Bertz CT molecular complexity index is 2120. The molecule has 0 atom stereocenters. The zero-order chi connectivity index (χ0) is 31.6. The SMILES string of the molecule is CC=c1c2cc3c(CC)c4cc5c(CC)c(CC)c(CC)c(CC)c5cc4c(CC)c3cc2c(=CC)c2c(O)n(C)c(O)c12. The van der Waals surface area contributed by atoms with Gasteiger partial charge in [-0.3, -0.25) is 4.57 Å². The van der Waals surface area contributed by atoms with Gasteiger partial charge in [-0.1, -0.05) is 53.7 Å². The summed E-state index contributed by atoms with van der Waals surface area (Å²) in [4.78, 5) is 0. The van der Waals surface area contributed by atoms with E-state index in [0.717, 1.165) is 59.7 Å². The Kier molecular flexibility index (Phi) is 7.64. The molecule has 44 heavy (non-hydrogen) atoms. The van der Waals surface area contributed by atoms with Crippen molar-refractivity contribution in [3.8, 4) is 11.8 Å². The molecule has 0 bridgehead atoms. The first kappa shape index (κ1) is 30.1. The molecule has 2 N–H and O–H groups in total. The van der Waals surface area contributed by atoms with Crippen LogP contribution in [0, 0.1) is 0 Å². The summed E-state index contributed by atoms with van der Waals surface area (Å²) in [5.74, 6) is 0.199. The molecule has 5 aromatic carbocycles. The number of aromatic nitrogens is 1. The van der Waals surface area contributed by atoms with Gasteiger partial charge in [0.2, 0.25) is 11.8 Å². The fourth-order valence-electron chi connectivity index (χ4n) is 8.58. The predicted octanol–water partition coefficient (Wildman–Crippen LogP) is 9.18. The minimum absolute atomic E-state index is 0.0997. The van der Waals surface area contributed by atoms with Gasteiger partial charge >= 0.3 is 0 Å². The second-order valence-electron chi connectivity index (χ2n) is 12.2. The molecule has 0 amide bonds. The molecule has 0 radical (unpaired) electrons. The lowest BCUT2D eigenvalue weighted by Crippen LogP contribution is -2.14. The topological polar surface area (TPSA) is 45.4 Å². The second kappa shape index (κ2) is 11.2. The van der Waals surface area contributed by atoms with Crippen LogP contribution in [0.2, 0.25) is 0 Å². The van der Waals surface area contributed by atoms with Gasteiger partial charge < -0.3 is 10.2 Å². The van der Waals surface area contributed by atoms with Crippen LogP contribution in [0.5, 0.6) is 11.8 Å². The fourth-order valence-corrected chi connectivity index (χ4v) is 8.58. The fraction of sp³-hybridized carbons (Fsp3) is 0.366. The van der Waals surface area contributed by atoms with Crippen molar-refractivity contribution < 1.29 is 10.2 Å². The number of benzene rings is 5. The zero-order valence-electron chi connectivity index (χ0n) is 28.0. The highest BCUT2D eigenvalue weighted by Crippen LogP contribution is 2.42. The monoisotopic (exact) mass is 585 g/mol. The molecule has 0 aliphatic rings. The van der Waals surface area contributed by atoms with E-state index < -0.39 is 0 Å². The quantitative estimate of drug-likeness (QED) is 0.191. The maximum Gasteiger partial charge on any atom is 0.202 e. The van der Waals surface area contributed by atoms with Crippen molar-refractivity contribution in [2.45, 2.75) is 93.9 Å². The van der Waals surface area contributed by atoms with Crippen LogP contribution in [-0.4, -0.2) is 14.8 Å². The number of aromatic hydroxyl groups is 2. The summed E-state index contributed by atoms with van der Waals surface area (Å²) in [5.41, 5.74) is 8.92. The van der Waals surface area contributed by atoms with E-state index in [0.29, 0.717) is 10.8 Å². The molecule has 6 rings (SSSR count). The Hall–Kier alpha value is -3.98. The summed E-state index contributed by atoms with van der Waals surface area (Å²) in [6.45, 7) is 17.9. The van der Waals surface area contributed by atoms with Gasteiger partial charge in [0.1, 0.15) is 0 Å². The predicted molar refractivity (Wildman–Crippen MR) is 192 cm³/mol. The molecule has 1 aromatic heterocycles. The number of hydrogen-bond donors (Lipinski definition) is 2. The molecule has 3 heteroatoms. The van der Waals surface area contributed by atoms with E-state index in [1.165, 1.54) is 59.1 Å². The van der Waals surface area contributed by atoms with E-state index in [1.54, 1.807) is 18.2 Å². The Morgan fingerprint density at radius 1 is 0.455 bits per heavy atom. The van der Waals surface area contributed by atoms with Crippen molar-refractivity contribution in [1.82, 2.24) is 4.57 Å². The summed E-state index contributed by atoms with van der Waals surface area (Å²) in [5, 5.41) is 36.1. The van der Waals surface area contributed by atoms with Crippen LogP contribution in [0.1, 0.15) is 88.8 Å². The molecule has 1 heterocycles. The number of fused-ring (bicyclic) bond motifs is 5. The standard InChI is InChI=1S/C41H47NO2/c1-10-22-23(11-2)25(13-4)31-19-33-27(15-6)35-21-37-29(17-8)39-38(40(43)42(9)41(39)44)28(16-7)36(37)20-34(35)26(14-5)32(33)18-30(31)24(22)12-3/h16-21,43-44H,10-15H2,1-9H3. The molecule has 0 spiro atoms. The highest BCUT2D eigenvalue weighted by atomic mass is 16.3. The van der Waals surface area contributed by atoms with Crippen LogP contribution in [-0.2, 0) is 45.6 Å². The van der Waals surface area contributed by atoms with Crippen LogP contribution in [0.3, 0.4) is 0 Å². The third-order valence-electron chi connectivity index (χ3n) is 10.5. The first-order valence-electron chi connectivity index (χ1n) is 16.7. The van der Waals surface area contributed by atoms with E-state index in [1.807, 2.05) is 13.8 Å². The zero-order valence-corrected chi connectivity index (χ0v) is 28.0. The smallest absolute Gasteiger partial charge is 0.202 e. The lowest BCUT2D eigenvalue weighted by atomic mass is 9.81. The van der Waals surface area contributed by atoms with E-state index in [4.69, 9.17) is 0 Å². The molecular weight excluding hydrogens is 538 g/mol. The van der Waals surface area contributed by atoms with Crippen LogP contribution < -0.4 is 10.4 Å². The van der Waals surface area contributed by atoms with Crippen molar-refractivity contribution in [2.24, 2.45) is 7.05 Å². The third-order valence-corrected chi connectivity index (χ3v) is 10.5. The minimum Gasteiger partial charge on any atom is -0.494 e. The Morgan fingerprint density at radius 3 is 1.00 bits per heavy atom. The second-order valence-corrected chi connectivity index (χ2v) is 12.2. The molecule has 0 saturated heterocycles. The molecular formula is C41H47NO2. The maximum absolute atomic E-state index is 11.1. The van der Waals surface area contributed by atoms with Gasteiger partial charge in [0.25, 0.3) is 0 Å². The van der Waals surface area contributed by atoms with Gasteiger partial charge in [-0.25, -0.2) is 0 Å². The van der Waals surface area contributed by atoms with E-state index in [-0.39, 0.29) is 11.8 Å². The van der Waals surface area contributed by atoms with Crippen LogP contribution in [0.4, 0.5) is 0 Å². The summed E-state index contributed by atoms with van der Waals surface area (Å²) < 4.78 is 1.49. The maximum atomic E-state index is 11.1. The molecule has 0 unspecified atom stereocenters. The molecule has 6 aromatic rings. The highest BCUT2D eigenvalue weighted by Gasteiger charge is 2.22. The van der Waals surface area contributed by atoms with E-state index in [2.05, 4.69) is 78.0 Å². The van der Waals surface area contributed by atoms with Gasteiger partial charge in [0.15, 0.2) is 0 Å². The Labute approximate surface area is 261 Å². The lowest BCUT2D eigenvalue weighted by molar-refractivity contribution is 0.391. The number of rotatable bonds is 6. The van der Waals surface area contributed by atoms with E-state index in [9.17, 15) is 10.2 Å². The first-order valence-corrected chi connectivity index (χ1v) is 16.7. The van der Waals surface area contributed by atoms with Crippen LogP contribution >= 0.6 is 0 Å². The van der Waals surface area contributed by atoms with Crippen LogP contribution in [0.15, 0.2) is 24.3 Å². The van der Waals surface area contributed by atoms with Crippen LogP contribution in [0.25, 0.3) is 66.0 Å². The van der Waals surface area contributed by atoms with Crippen molar-refractivity contribution in [1.29, 1.82) is 0 Å². The van der Waals surface area contributed by atoms with Crippen molar-refractivity contribution >= 4 is 66.0 Å². The third kappa shape index (κ3) is 3.87.